The van der Waals surface area contributed by atoms with Gasteiger partial charge in [-0.1, -0.05) is 26.7 Å². The van der Waals surface area contributed by atoms with E-state index in [-0.39, 0.29) is 5.82 Å². The van der Waals surface area contributed by atoms with E-state index in [0.717, 1.165) is 18.5 Å². The van der Waals surface area contributed by atoms with Gasteiger partial charge in [0.15, 0.2) is 0 Å². The number of rotatable bonds is 5. The molecule has 1 unspecified atom stereocenters. The highest BCUT2D eigenvalue weighted by molar-refractivity contribution is 5.10. The van der Waals surface area contributed by atoms with Crippen LogP contribution in [0.5, 0.6) is 0 Å². The molecule has 1 rings (SSSR count). The highest BCUT2D eigenvalue weighted by Gasteiger charge is 2.09. The van der Waals surface area contributed by atoms with Crippen LogP contribution in [0.2, 0.25) is 0 Å². The number of pyridine rings is 1. The fraction of sp³-hybridized carbons (Fsp3) is 0.583. The molecule has 0 aliphatic carbocycles. The van der Waals surface area contributed by atoms with Crippen LogP contribution in [0.15, 0.2) is 18.3 Å². The van der Waals surface area contributed by atoms with Gasteiger partial charge in [-0.05, 0) is 25.0 Å². The summed E-state index contributed by atoms with van der Waals surface area (Å²) in [5.74, 6) is 0.245. The average Bonchev–Trinajstić information content (AvgIpc) is 2.21. The van der Waals surface area contributed by atoms with Crippen molar-refractivity contribution in [1.29, 1.82) is 0 Å². The lowest BCUT2D eigenvalue weighted by Crippen LogP contribution is -2.00. The molecule has 0 amide bonds. The maximum atomic E-state index is 12.6. The van der Waals surface area contributed by atoms with Crippen LogP contribution in [0, 0.1) is 5.82 Å². The van der Waals surface area contributed by atoms with Crippen LogP contribution in [0.25, 0.3) is 0 Å². The lowest BCUT2D eigenvalue weighted by Gasteiger charge is -2.13. The van der Waals surface area contributed by atoms with Gasteiger partial charge in [0.05, 0.1) is 6.20 Å². The summed E-state index contributed by atoms with van der Waals surface area (Å²) in [6.45, 7) is 4.34. The van der Waals surface area contributed by atoms with E-state index in [0.29, 0.717) is 5.92 Å². The standard InChI is InChI=1S/C12H18FN/c1-3-5-6-10(4-2)12-8-7-11(13)9-14-12/h7-10H,3-6H2,1-2H3. The minimum absolute atomic E-state index is 0.251. The van der Waals surface area contributed by atoms with Crippen molar-refractivity contribution < 1.29 is 4.39 Å². The predicted molar refractivity (Wildman–Crippen MR) is 56.8 cm³/mol. The molecule has 0 N–H and O–H groups in total. The first-order valence-corrected chi connectivity index (χ1v) is 5.39. The molecule has 2 heteroatoms. The van der Waals surface area contributed by atoms with Crippen LogP contribution in [-0.4, -0.2) is 4.98 Å². The Balaban J connectivity index is 2.64. The maximum absolute atomic E-state index is 12.6. The molecule has 0 aliphatic heterocycles. The fourth-order valence-corrected chi connectivity index (χ4v) is 1.64. The Hall–Kier alpha value is -0.920. The number of halogens is 1. The first-order valence-electron chi connectivity index (χ1n) is 5.39. The summed E-state index contributed by atoms with van der Waals surface area (Å²) >= 11 is 0. The third-order valence-corrected chi connectivity index (χ3v) is 2.57. The van der Waals surface area contributed by atoms with Crippen LogP contribution in [-0.2, 0) is 0 Å². The second-order valence-corrected chi connectivity index (χ2v) is 3.65. The van der Waals surface area contributed by atoms with Gasteiger partial charge in [-0.25, -0.2) is 4.39 Å². The third kappa shape index (κ3) is 3.09. The van der Waals surface area contributed by atoms with Crippen molar-refractivity contribution in [3.05, 3.63) is 29.8 Å². The Morgan fingerprint density at radius 2 is 2.14 bits per heavy atom. The number of hydrogen-bond acceptors (Lipinski definition) is 1. The van der Waals surface area contributed by atoms with Crippen LogP contribution in [0.1, 0.15) is 51.1 Å². The predicted octanol–water partition coefficient (Wildman–Crippen LogP) is 3.90. The summed E-state index contributed by atoms with van der Waals surface area (Å²) in [6, 6.07) is 3.30. The molecular weight excluding hydrogens is 177 g/mol. The van der Waals surface area contributed by atoms with E-state index >= 15 is 0 Å². The smallest absolute Gasteiger partial charge is 0.141 e. The van der Waals surface area contributed by atoms with E-state index in [2.05, 4.69) is 18.8 Å². The molecule has 14 heavy (non-hydrogen) atoms. The van der Waals surface area contributed by atoms with Crippen LogP contribution >= 0.6 is 0 Å². The number of nitrogens with zero attached hydrogens (tertiary/aromatic N) is 1. The van der Waals surface area contributed by atoms with Gasteiger partial charge in [-0.3, -0.25) is 4.98 Å². The van der Waals surface area contributed by atoms with Gasteiger partial charge in [0.2, 0.25) is 0 Å². The van der Waals surface area contributed by atoms with Crippen molar-refractivity contribution in [2.45, 2.75) is 45.4 Å². The van der Waals surface area contributed by atoms with Gasteiger partial charge in [0.25, 0.3) is 0 Å². The van der Waals surface area contributed by atoms with Crippen LogP contribution < -0.4 is 0 Å². The monoisotopic (exact) mass is 195 g/mol. The minimum atomic E-state index is -0.251. The number of hydrogen-bond donors (Lipinski definition) is 0. The summed E-state index contributed by atoms with van der Waals surface area (Å²) in [4.78, 5) is 4.13. The Bertz CT molecular complexity index is 256. The topological polar surface area (TPSA) is 12.9 Å². The first-order chi connectivity index (χ1) is 6.77. The summed E-state index contributed by atoms with van der Waals surface area (Å²) in [6.07, 6.45) is 5.98. The molecule has 1 nitrogen and oxygen atoms in total. The van der Waals surface area contributed by atoms with E-state index < -0.39 is 0 Å². The molecule has 0 aromatic carbocycles. The Morgan fingerprint density at radius 3 is 2.64 bits per heavy atom. The molecule has 0 fully saturated rings. The summed E-state index contributed by atoms with van der Waals surface area (Å²) < 4.78 is 12.6. The second kappa shape index (κ2) is 5.74. The van der Waals surface area contributed by atoms with Crippen molar-refractivity contribution >= 4 is 0 Å². The fourth-order valence-electron chi connectivity index (χ4n) is 1.64. The first kappa shape index (κ1) is 11.2. The van der Waals surface area contributed by atoms with Crippen molar-refractivity contribution in [1.82, 2.24) is 4.98 Å². The Kier molecular flexibility index (Phi) is 4.57. The highest BCUT2D eigenvalue weighted by Crippen LogP contribution is 2.23. The Morgan fingerprint density at radius 1 is 1.36 bits per heavy atom. The SMILES string of the molecule is CCCCC(CC)c1ccc(F)cn1. The van der Waals surface area contributed by atoms with Gasteiger partial charge in [0.1, 0.15) is 5.82 Å². The second-order valence-electron chi connectivity index (χ2n) is 3.65. The molecule has 1 aromatic heterocycles. The highest BCUT2D eigenvalue weighted by atomic mass is 19.1. The van der Waals surface area contributed by atoms with Gasteiger partial charge in [0, 0.05) is 11.6 Å². The zero-order valence-electron chi connectivity index (χ0n) is 8.96. The van der Waals surface area contributed by atoms with Crippen LogP contribution in [0.4, 0.5) is 4.39 Å². The zero-order chi connectivity index (χ0) is 10.4. The van der Waals surface area contributed by atoms with E-state index in [1.807, 2.05) is 0 Å². The summed E-state index contributed by atoms with van der Waals surface area (Å²) in [7, 11) is 0. The average molecular weight is 195 g/mol. The maximum Gasteiger partial charge on any atom is 0.141 e. The molecule has 78 valence electrons. The zero-order valence-corrected chi connectivity index (χ0v) is 8.96. The van der Waals surface area contributed by atoms with Crippen molar-refractivity contribution in [3.8, 4) is 0 Å². The minimum Gasteiger partial charge on any atom is -0.258 e. The lowest BCUT2D eigenvalue weighted by molar-refractivity contribution is 0.551. The largest absolute Gasteiger partial charge is 0.258 e. The molecule has 0 spiro atoms. The molecule has 1 heterocycles. The molecule has 1 atom stereocenters. The van der Waals surface area contributed by atoms with E-state index in [9.17, 15) is 4.39 Å². The molecule has 0 aliphatic rings. The molecular formula is C12H18FN. The van der Waals surface area contributed by atoms with E-state index in [4.69, 9.17) is 0 Å². The van der Waals surface area contributed by atoms with Crippen molar-refractivity contribution in [2.75, 3.05) is 0 Å². The molecule has 0 radical (unpaired) electrons. The van der Waals surface area contributed by atoms with E-state index in [1.54, 1.807) is 6.07 Å². The van der Waals surface area contributed by atoms with Crippen LogP contribution in [0.3, 0.4) is 0 Å². The Labute approximate surface area is 85.4 Å². The van der Waals surface area contributed by atoms with Gasteiger partial charge >= 0.3 is 0 Å². The quantitative estimate of drug-likeness (QED) is 0.694. The number of aromatic nitrogens is 1. The molecule has 0 saturated carbocycles. The normalized spacial score (nSPS) is 12.8. The summed E-state index contributed by atoms with van der Waals surface area (Å²) in [5, 5.41) is 0. The van der Waals surface area contributed by atoms with Gasteiger partial charge in [-0.2, -0.15) is 0 Å². The van der Waals surface area contributed by atoms with Crippen molar-refractivity contribution in [2.24, 2.45) is 0 Å². The lowest BCUT2D eigenvalue weighted by atomic mass is 9.95. The van der Waals surface area contributed by atoms with Gasteiger partial charge in [-0.15, -0.1) is 0 Å². The number of unbranched alkanes of at least 4 members (excludes halogenated alkanes) is 1. The van der Waals surface area contributed by atoms with Crippen molar-refractivity contribution in [3.63, 3.8) is 0 Å². The van der Waals surface area contributed by atoms with E-state index in [1.165, 1.54) is 25.1 Å². The third-order valence-electron chi connectivity index (χ3n) is 2.57. The van der Waals surface area contributed by atoms with Gasteiger partial charge < -0.3 is 0 Å². The molecule has 0 saturated heterocycles. The molecule has 0 bridgehead atoms. The molecule has 1 aromatic rings. The summed E-state index contributed by atoms with van der Waals surface area (Å²) in [5.41, 5.74) is 1.03.